The van der Waals surface area contributed by atoms with Crippen molar-refractivity contribution in [2.24, 2.45) is 14.1 Å². The van der Waals surface area contributed by atoms with Crippen LogP contribution in [-0.2, 0) is 25.4 Å². The normalized spacial score (nSPS) is 12.5. The third kappa shape index (κ3) is 3.17. The fraction of sp³-hybridized carbons (Fsp3) is 0.211. The fourth-order valence-electron chi connectivity index (χ4n) is 3.36. The number of anilines is 1. The minimum Gasteiger partial charge on any atom is -0.454 e. The second kappa shape index (κ2) is 7.09. The Hall–Kier alpha value is -3.93. The lowest BCUT2D eigenvalue weighted by atomic mass is 10.1. The first-order valence-electron chi connectivity index (χ1n) is 9.18. The first-order valence-corrected chi connectivity index (χ1v) is 10.1. The van der Waals surface area contributed by atoms with Gasteiger partial charge in [-0.05, 0) is 18.2 Å². The number of carbonyl (C=O) groups excluding carboxylic acids is 1. The molecule has 0 radical (unpaired) electrons. The summed E-state index contributed by atoms with van der Waals surface area (Å²) in [6.07, 6.45) is 1.45. The van der Waals surface area contributed by atoms with Crippen molar-refractivity contribution in [3.63, 3.8) is 0 Å². The van der Waals surface area contributed by atoms with E-state index in [-0.39, 0.29) is 18.0 Å². The van der Waals surface area contributed by atoms with Crippen molar-refractivity contribution >= 4 is 33.5 Å². The van der Waals surface area contributed by atoms with Gasteiger partial charge < -0.3 is 19.4 Å². The zero-order valence-corrected chi connectivity index (χ0v) is 17.3. The highest BCUT2D eigenvalue weighted by molar-refractivity contribution is 7.14. The Balaban J connectivity index is 1.38. The summed E-state index contributed by atoms with van der Waals surface area (Å²) in [5.41, 5.74) is 0.785. The maximum Gasteiger partial charge on any atom is 0.332 e. The molecule has 1 aliphatic rings. The van der Waals surface area contributed by atoms with E-state index in [9.17, 15) is 14.4 Å². The highest BCUT2D eigenvalue weighted by atomic mass is 32.1. The van der Waals surface area contributed by atoms with E-state index >= 15 is 0 Å². The molecule has 0 spiro atoms. The number of carbonyl (C=O) groups is 1. The van der Waals surface area contributed by atoms with E-state index in [1.165, 1.54) is 33.8 Å². The minimum absolute atomic E-state index is 0.181. The van der Waals surface area contributed by atoms with Gasteiger partial charge in [-0.3, -0.25) is 14.2 Å². The highest BCUT2D eigenvalue weighted by Gasteiger charge is 2.18. The van der Waals surface area contributed by atoms with Crippen LogP contribution in [0.25, 0.3) is 22.4 Å². The number of amides is 1. The van der Waals surface area contributed by atoms with Gasteiger partial charge in [0, 0.05) is 25.0 Å². The van der Waals surface area contributed by atoms with Crippen molar-refractivity contribution in [2.75, 3.05) is 12.1 Å². The van der Waals surface area contributed by atoms with Crippen LogP contribution in [0.4, 0.5) is 5.13 Å². The van der Waals surface area contributed by atoms with Crippen LogP contribution >= 0.6 is 11.3 Å². The predicted octanol–water partition coefficient (Wildman–Crippen LogP) is 0.925. The number of hydrogen-bond acceptors (Lipinski definition) is 8. The molecule has 0 saturated heterocycles. The third-order valence-electron chi connectivity index (χ3n) is 4.92. The molecule has 0 bridgehead atoms. The molecule has 158 valence electrons. The van der Waals surface area contributed by atoms with Gasteiger partial charge in [0.2, 0.25) is 12.7 Å². The summed E-state index contributed by atoms with van der Waals surface area (Å²) < 4.78 is 14.3. The van der Waals surface area contributed by atoms with Gasteiger partial charge in [0.05, 0.1) is 12.0 Å². The standard InChI is InChI=1S/C19H16N6O5S/c1-23-8-20-16-15(23)17(27)25(19(28)24(16)2)6-14(26)22-18-21-11(7-31-18)10-3-4-12-13(5-10)30-9-29-12/h3-5,7-8H,6,9H2,1-2H3,(H,21,22,26). The summed E-state index contributed by atoms with van der Waals surface area (Å²) >= 11 is 1.23. The monoisotopic (exact) mass is 440 g/mol. The minimum atomic E-state index is -0.619. The Bertz CT molecular complexity index is 1460. The van der Waals surface area contributed by atoms with Crippen LogP contribution < -0.4 is 26.0 Å². The Morgan fingerprint density at radius 3 is 2.87 bits per heavy atom. The lowest BCUT2D eigenvalue weighted by Crippen LogP contribution is -2.42. The zero-order chi connectivity index (χ0) is 21.7. The van der Waals surface area contributed by atoms with Gasteiger partial charge in [0.1, 0.15) is 6.54 Å². The van der Waals surface area contributed by atoms with Crippen molar-refractivity contribution in [1.29, 1.82) is 0 Å². The number of nitrogens with one attached hydrogen (secondary N) is 1. The average molecular weight is 440 g/mol. The van der Waals surface area contributed by atoms with E-state index < -0.39 is 23.7 Å². The Morgan fingerprint density at radius 2 is 2.03 bits per heavy atom. The number of imidazole rings is 1. The maximum atomic E-state index is 12.7. The van der Waals surface area contributed by atoms with E-state index in [4.69, 9.17) is 9.47 Å². The lowest BCUT2D eigenvalue weighted by Gasteiger charge is -2.08. The second-order valence-electron chi connectivity index (χ2n) is 6.91. The van der Waals surface area contributed by atoms with Crippen LogP contribution in [0, 0.1) is 0 Å². The van der Waals surface area contributed by atoms with E-state index in [0.717, 1.165) is 10.1 Å². The number of thiazole rings is 1. The largest absolute Gasteiger partial charge is 0.454 e. The first kappa shape index (κ1) is 19.1. The van der Waals surface area contributed by atoms with Crippen LogP contribution in [0.1, 0.15) is 0 Å². The fourth-order valence-corrected chi connectivity index (χ4v) is 4.09. The van der Waals surface area contributed by atoms with Gasteiger partial charge >= 0.3 is 5.69 Å². The summed E-state index contributed by atoms with van der Waals surface area (Å²) in [6, 6.07) is 5.46. The summed E-state index contributed by atoms with van der Waals surface area (Å²) in [6.45, 7) is -0.258. The number of aryl methyl sites for hydroxylation is 2. The van der Waals surface area contributed by atoms with Crippen LogP contribution in [0.5, 0.6) is 11.5 Å². The number of fused-ring (bicyclic) bond motifs is 2. The van der Waals surface area contributed by atoms with E-state index in [1.807, 2.05) is 12.1 Å². The quantitative estimate of drug-likeness (QED) is 0.501. The van der Waals surface area contributed by atoms with Crippen molar-refractivity contribution in [3.8, 4) is 22.8 Å². The molecule has 31 heavy (non-hydrogen) atoms. The number of ether oxygens (including phenoxy) is 2. The molecule has 1 aliphatic heterocycles. The van der Waals surface area contributed by atoms with Gasteiger partial charge in [0.25, 0.3) is 5.56 Å². The molecule has 3 aromatic heterocycles. The lowest BCUT2D eigenvalue weighted by molar-refractivity contribution is -0.116. The summed E-state index contributed by atoms with van der Waals surface area (Å²) in [4.78, 5) is 46.3. The van der Waals surface area contributed by atoms with Gasteiger partial charge in [-0.15, -0.1) is 11.3 Å². The number of nitrogens with zero attached hydrogens (tertiary/aromatic N) is 5. The van der Waals surface area contributed by atoms with Crippen molar-refractivity contribution in [3.05, 3.63) is 50.7 Å². The van der Waals surface area contributed by atoms with Crippen LogP contribution in [-0.4, -0.2) is 36.4 Å². The molecule has 1 aromatic carbocycles. The molecule has 11 nitrogen and oxygen atoms in total. The molecule has 0 fully saturated rings. The Morgan fingerprint density at radius 1 is 1.23 bits per heavy atom. The molecule has 0 aliphatic carbocycles. The third-order valence-corrected chi connectivity index (χ3v) is 5.68. The molecule has 0 saturated carbocycles. The Labute approximate surface area is 178 Å². The van der Waals surface area contributed by atoms with Gasteiger partial charge in [-0.1, -0.05) is 0 Å². The average Bonchev–Trinajstić information content (AvgIpc) is 3.48. The molecule has 0 unspecified atom stereocenters. The van der Waals surface area contributed by atoms with Gasteiger partial charge in [-0.2, -0.15) is 0 Å². The molecule has 5 rings (SSSR count). The van der Waals surface area contributed by atoms with Gasteiger partial charge in [0.15, 0.2) is 27.8 Å². The molecular weight excluding hydrogens is 424 g/mol. The predicted molar refractivity (Wildman–Crippen MR) is 113 cm³/mol. The number of aromatic nitrogens is 5. The van der Waals surface area contributed by atoms with E-state index in [2.05, 4.69) is 15.3 Å². The van der Waals surface area contributed by atoms with Gasteiger partial charge in [-0.25, -0.2) is 19.3 Å². The van der Waals surface area contributed by atoms with Crippen LogP contribution in [0.2, 0.25) is 0 Å². The molecule has 4 aromatic rings. The summed E-state index contributed by atoms with van der Waals surface area (Å²) in [7, 11) is 3.16. The molecular formula is C19H16N6O5S. The van der Waals surface area contributed by atoms with Crippen molar-refractivity contribution in [2.45, 2.75) is 6.54 Å². The number of rotatable bonds is 4. The Kier molecular flexibility index (Phi) is 4.36. The molecule has 12 heteroatoms. The number of hydrogen-bond donors (Lipinski definition) is 1. The highest BCUT2D eigenvalue weighted by Crippen LogP contribution is 2.36. The first-order chi connectivity index (χ1) is 14.9. The molecule has 0 atom stereocenters. The topological polar surface area (TPSA) is 122 Å². The summed E-state index contributed by atoms with van der Waals surface area (Å²) in [5, 5.41) is 4.79. The molecule has 1 N–H and O–H groups in total. The van der Waals surface area contributed by atoms with Crippen LogP contribution in [0.3, 0.4) is 0 Å². The SMILES string of the molecule is Cn1cnc2c1c(=O)n(CC(=O)Nc1nc(-c3ccc4c(c3)OCO4)cs1)c(=O)n2C. The number of benzene rings is 1. The van der Waals surface area contributed by atoms with E-state index in [1.54, 1.807) is 18.5 Å². The van der Waals surface area contributed by atoms with Crippen molar-refractivity contribution < 1.29 is 14.3 Å². The smallest absolute Gasteiger partial charge is 0.332 e. The zero-order valence-electron chi connectivity index (χ0n) is 16.5. The van der Waals surface area contributed by atoms with Crippen LogP contribution in [0.15, 0.2) is 39.5 Å². The summed E-state index contributed by atoms with van der Waals surface area (Å²) in [5.74, 6) is 0.772. The van der Waals surface area contributed by atoms with E-state index in [0.29, 0.717) is 22.3 Å². The van der Waals surface area contributed by atoms with Crippen molar-refractivity contribution in [1.82, 2.24) is 23.7 Å². The molecule has 4 heterocycles. The molecule has 1 amide bonds. The maximum absolute atomic E-state index is 12.7. The second-order valence-corrected chi connectivity index (χ2v) is 7.77.